The van der Waals surface area contributed by atoms with Crippen molar-refractivity contribution in [1.29, 1.82) is 0 Å². The molecule has 0 bridgehead atoms. The molecule has 4 aromatic rings. The van der Waals surface area contributed by atoms with Crippen LogP contribution in [0.1, 0.15) is 54.4 Å². The Morgan fingerprint density at radius 2 is 1.94 bits per heavy atom. The third-order valence-electron chi connectivity index (χ3n) is 6.30. The van der Waals surface area contributed by atoms with Crippen molar-refractivity contribution in [2.75, 3.05) is 0 Å². The van der Waals surface area contributed by atoms with Gasteiger partial charge in [-0.3, -0.25) is 4.79 Å². The number of carbonyl (C=O) groups is 1. The summed E-state index contributed by atoms with van der Waals surface area (Å²) in [5, 5.41) is 10.5. The lowest BCUT2D eigenvalue weighted by Crippen LogP contribution is -2.29. The number of hydrogen-bond acceptors (Lipinski definition) is 5. The number of para-hydroxylation sites is 2. The number of fused-ring (bicyclic) bond motifs is 1. The fraction of sp³-hybridized carbons (Fsp3) is 0.222. The molecule has 0 spiro atoms. The van der Waals surface area contributed by atoms with E-state index in [0.717, 1.165) is 41.4 Å². The topological polar surface area (TPSA) is 88.1 Å². The van der Waals surface area contributed by atoms with Crippen molar-refractivity contribution in [3.63, 3.8) is 0 Å². The van der Waals surface area contributed by atoms with Crippen LogP contribution in [-0.4, -0.2) is 31.4 Å². The van der Waals surface area contributed by atoms with Crippen LogP contribution in [0.2, 0.25) is 0 Å². The van der Waals surface area contributed by atoms with Crippen LogP contribution in [0.15, 0.2) is 72.9 Å². The summed E-state index contributed by atoms with van der Waals surface area (Å²) in [6, 6.07) is 18.4. The Balaban J connectivity index is 1.34. The summed E-state index contributed by atoms with van der Waals surface area (Å²) in [7, 11) is 0. The van der Waals surface area contributed by atoms with Crippen molar-refractivity contribution in [3.05, 3.63) is 89.9 Å². The summed E-state index contributed by atoms with van der Waals surface area (Å²) in [6.07, 6.45) is 6.66. The van der Waals surface area contributed by atoms with Gasteiger partial charge in [-0.2, -0.15) is 0 Å². The quantitative estimate of drug-likeness (QED) is 0.377. The molecule has 5 rings (SSSR count). The van der Waals surface area contributed by atoms with Crippen LogP contribution in [0.5, 0.6) is 11.6 Å². The molecule has 0 amide bonds. The van der Waals surface area contributed by atoms with E-state index < -0.39 is 5.60 Å². The first-order valence-electron chi connectivity index (χ1n) is 11.2. The molecule has 2 aromatic heterocycles. The van der Waals surface area contributed by atoms with Gasteiger partial charge in [0.1, 0.15) is 5.75 Å². The molecule has 2 aromatic carbocycles. The van der Waals surface area contributed by atoms with Gasteiger partial charge in [-0.25, -0.2) is 9.97 Å². The Morgan fingerprint density at radius 1 is 1.12 bits per heavy atom. The molecule has 1 atom stereocenters. The van der Waals surface area contributed by atoms with E-state index >= 15 is 0 Å². The fourth-order valence-electron chi connectivity index (χ4n) is 4.15. The SMILES string of the molecule is CC[C@@]1(O)CC=C(c2cccnc2Oc2ccc(C(=O)c3nc4ccccc4[nH]3)cc2)CC1. The number of aliphatic hydroxyl groups is 1. The van der Waals surface area contributed by atoms with Gasteiger partial charge in [0.25, 0.3) is 0 Å². The predicted molar refractivity (Wildman–Crippen MR) is 127 cm³/mol. The van der Waals surface area contributed by atoms with Crippen molar-refractivity contribution >= 4 is 22.4 Å². The molecule has 2 N–H and O–H groups in total. The number of aromatic amines is 1. The number of ketones is 1. The molecular formula is C27H25N3O3. The van der Waals surface area contributed by atoms with Crippen molar-refractivity contribution in [2.24, 2.45) is 0 Å². The van der Waals surface area contributed by atoms with E-state index in [4.69, 9.17) is 4.74 Å². The number of pyridine rings is 1. The summed E-state index contributed by atoms with van der Waals surface area (Å²) >= 11 is 0. The average molecular weight is 440 g/mol. The zero-order valence-corrected chi connectivity index (χ0v) is 18.4. The zero-order valence-electron chi connectivity index (χ0n) is 18.4. The summed E-state index contributed by atoms with van der Waals surface area (Å²) < 4.78 is 6.08. The van der Waals surface area contributed by atoms with E-state index in [0.29, 0.717) is 29.4 Å². The standard InChI is InChI=1S/C27H25N3O3/c1-2-27(32)15-13-18(14-16-27)21-6-5-17-28-26(21)33-20-11-9-19(10-12-20)24(31)25-29-22-7-3-4-8-23(22)30-25/h3-13,17,32H,2,14-16H2,1H3,(H,29,30)/t27-/m1/s1. The number of ether oxygens (including phenoxy) is 1. The normalized spacial score (nSPS) is 18.2. The molecule has 6 nitrogen and oxygen atoms in total. The van der Waals surface area contributed by atoms with Crippen LogP contribution in [0.25, 0.3) is 16.6 Å². The highest BCUT2D eigenvalue weighted by molar-refractivity contribution is 6.08. The van der Waals surface area contributed by atoms with Gasteiger partial charge < -0.3 is 14.8 Å². The molecule has 0 aliphatic heterocycles. The van der Waals surface area contributed by atoms with Gasteiger partial charge in [-0.1, -0.05) is 25.1 Å². The van der Waals surface area contributed by atoms with Crippen molar-refractivity contribution in [2.45, 2.75) is 38.2 Å². The van der Waals surface area contributed by atoms with Crippen molar-refractivity contribution in [1.82, 2.24) is 15.0 Å². The number of aromatic nitrogens is 3. The van der Waals surface area contributed by atoms with Gasteiger partial charge in [0.05, 0.1) is 16.6 Å². The van der Waals surface area contributed by atoms with E-state index in [1.807, 2.05) is 43.3 Å². The molecule has 0 radical (unpaired) electrons. The van der Waals surface area contributed by atoms with E-state index in [9.17, 15) is 9.90 Å². The first kappa shape index (κ1) is 21.1. The molecule has 6 heteroatoms. The highest BCUT2D eigenvalue weighted by Gasteiger charge is 2.28. The predicted octanol–water partition coefficient (Wildman–Crippen LogP) is 5.69. The minimum Gasteiger partial charge on any atom is -0.438 e. The maximum atomic E-state index is 12.8. The van der Waals surface area contributed by atoms with E-state index in [2.05, 4.69) is 21.0 Å². The fourth-order valence-corrected chi connectivity index (χ4v) is 4.15. The molecule has 0 saturated carbocycles. The number of nitrogens with zero attached hydrogens (tertiary/aromatic N) is 2. The first-order chi connectivity index (χ1) is 16.0. The van der Waals surface area contributed by atoms with Gasteiger partial charge in [0.15, 0.2) is 5.82 Å². The Morgan fingerprint density at radius 3 is 2.67 bits per heavy atom. The van der Waals surface area contributed by atoms with Crippen LogP contribution in [0.3, 0.4) is 0 Å². The highest BCUT2D eigenvalue weighted by atomic mass is 16.5. The molecular weight excluding hydrogens is 414 g/mol. The minimum atomic E-state index is -0.616. The van der Waals surface area contributed by atoms with E-state index in [1.54, 1.807) is 30.5 Å². The van der Waals surface area contributed by atoms with Crippen LogP contribution in [-0.2, 0) is 0 Å². The number of nitrogens with one attached hydrogen (secondary N) is 1. The Hall–Kier alpha value is -3.77. The summed E-state index contributed by atoms with van der Waals surface area (Å²) in [5.41, 5.74) is 3.56. The van der Waals surface area contributed by atoms with Crippen molar-refractivity contribution in [3.8, 4) is 11.6 Å². The summed E-state index contributed by atoms with van der Waals surface area (Å²) in [4.78, 5) is 24.7. The smallest absolute Gasteiger partial charge is 0.228 e. The van der Waals surface area contributed by atoms with Crippen molar-refractivity contribution < 1.29 is 14.6 Å². The zero-order chi connectivity index (χ0) is 22.8. The molecule has 2 heterocycles. The van der Waals surface area contributed by atoms with Gasteiger partial charge >= 0.3 is 0 Å². The maximum absolute atomic E-state index is 12.8. The Bertz CT molecular complexity index is 1310. The molecule has 166 valence electrons. The third kappa shape index (κ3) is 4.30. The molecule has 0 fully saturated rings. The molecule has 1 aliphatic rings. The van der Waals surface area contributed by atoms with Gasteiger partial charge in [0, 0.05) is 17.3 Å². The number of hydrogen-bond donors (Lipinski definition) is 2. The number of rotatable bonds is 6. The Kier molecular flexibility index (Phi) is 5.52. The van der Waals surface area contributed by atoms with Gasteiger partial charge in [-0.05, 0) is 79.8 Å². The molecule has 1 aliphatic carbocycles. The second-order valence-electron chi connectivity index (χ2n) is 8.43. The average Bonchev–Trinajstić information content (AvgIpc) is 3.29. The number of allylic oxidation sites excluding steroid dienone is 1. The first-order valence-corrected chi connectivity index (χ1v) is 11.2. The van der Waals surface area contributed by atoms with Gasteiger partial charge in [0.2, 0.25) is 11.7 Å². The van der Waals surface area contributed by atoms with Crippen LogP contribution < -0.4 is 4.74 Å². The molecule has 33 heavy (non-hydrogen) atoms. The van der Waals surface area contributed by atoms with Crippen LogP contribution >= 0.6 is 0 Å². The third-order valence-corrected chi connectivity index (χ3v) is 6.30. The second-order valence-corrected chi connectivity index (χ2v) is 8.43. The lowest BCUT2D eigenvalue weighted by atomic mass is 9.82. The van der Waals surface area contributed by atoms with Crippen LogP contribution in [0, 0.1) is 0 Å². The number of H-pyrrole nitrogens is 1. The summed E-state index contributed by atoms with van der Waals surface area (Å²) in [6.45, 7) is 2.01. The van der Waals surface area contributed by atoms with Crippen LogP contribution in [0.4, 0.5) is 0 Å². The van der Waals surface area contributed by atoms with Gasteiger partial charge in [-0.15, -0.1) is 0 Å². The number of imidazole rings is 1. The lowest BCUT2D eigenvalue weighted by molar-refractivity contribution is 0.0287. The molecule has 0 saturated heterocycles. The minimum absolute atomic E-state index is 0.174. The summed E-state index contributed by atoms with van der Waals surface area (Å²) in [5.74, 6) is 1.25. The molecule has 0 unspecified atom stereocenters. The lowest BCUT2D eigenvalue weighted by Gasteiger charge is -2.30. The van der Waals surface area contributed by atoms with E-state index in [1.165, 1.54) is 0 Å². The van der Waals surface area contributed by atoms with E-state index in [-0.39, 0.29) is 5.78 Å². The largest absolute Gasteiger partial charge is 0.438 e. The second kappa shape index (κ2) is 8.64. The highest BCUT2D eigenvalue weighted by Crippen LogP contribution is 2.38. The maximum Gasteiger partial charge on any atom is 0.228 e. The number of carbonyl (C=O) groups excluding carboxylic acids is 1. The Labute approximate surface area is 192 Å². The number of benzene rings is 2. The monoisotopic (exact) mass is 439 g/mol.